The monoisotopic (exact) mass is 362 g/mol. The molecular weight excluding hydrogens is 344 g/mol. The lowest BCUT2D eigenvalue weighted by Crippen LogP contribution is -2.26. The van der Waals surface area contributed by atoms with Gasteiger partial charge < -0.3 is 19.7 Å². The average molecular weight is 362 g/mol. The third kappa shape index (κ3) is 2.83. The van der Waals surface area contributed by atoms with Crippen molar-refractivity contribution in [2.24, 2.45) is 0 Å². The number of benzene rings is 2. The van der Waals surface area contributed by atoms with Crippen molar-refractivity contribution in [3.05, 3.63) is 59.6 Å². The van der Waals surface area contributed by atoms with Gasteiger partial charge in [0.25, 0.3) is 0 Å². The highest BCUT2D eigenvalue weighted by Crippen LogP contribution is 2.31. The van der Waals surface area contributed by atoms with Crippen molar-refractivity contribution in [3.63, 3.8) is 0 Å². The van der Waals surface area contributed by atoms with Crippen LogP contribution in [0.3, 0.4) is 0 Å². The van der Waals surface area contributed by atoms with Crippen LogP contribution in [0.1, 0.15) is 23.1 Å². The van der Waals surface area contributed by atoms with Crippen molar-refractivity contribution < 1.29 is 14.6 Å². The van der Waals surface area contributed by atoms with Crippen LogP contribution >= 0.6 is 0 Å². The van der Waals surface area contributed by atoms with E-state index in [9.17, 15) is 9.90 Å². The molecule has 7 nitrogen and oxygen atoms in total. The normalized spacial score (nSPS) is 14.3. The van der Waals surface area contributed by atoms with Gasteiger partial charge in [0, 0.05) is 17.3 Å². The number of nitrogens with zero attached hydrogens (tertiary/aromatic N) is 2. The van der Waals surface area contributed by atoms with E-state index in [1.165, 1.54) is 6.92 Å². The number of ether oxygens (including phenoxy) is 1. The molecule has 27 heavy (non-hydrogen) atoms. The molecule has 7 heteroatoms. The number of anilines is 1. The lowest BCUT2D eigenvalue weighted by Gasteiger charge is -2.18. The minimum Gasteiger partial charge on any atom is -0.509 e. The third-order valence-electron chi connectivity index (χ3n) is 4.61. The molecule has 2 aromatic carbocycles. The smallest absolute Gasteiger partial charge is 0.159 e. The van der Waals surface area contributed by atoms with Crippen LogP contribution in [0.2, 0.25) is 0 Å². The molecule has 0 fully saturated rings. The van der Waals surface area contributed by atoms with E-state index in [4.69, 9.17) is 10.1 Å². The molecule has 0 saturated carbocycles. The molecule has 1 aromatic heterocycles. The molecule has 0 saturated heterocycles. The second kappa shape index (κ2) is 6.28. The zero-order valence-corrected chi connectivity index (χ0v) is 14.9. The van der Waals surface area contributed by atoms with Gasteiger partial charge in [-0.25, -0.2) is 4.98 Å². The number of hydrogen-bond donors (Lipinski definition) is 3. The fourth-order valence-electron chi connectivity index (χ4n) is 3.16. The van der Waals surface area contributed by atoms with Gasteiger partial charge in [-0.15, -0.1) is 0 Å². The summed E-state index contributed by atoms with van der Waals surface area (Å²) in [5.74, 6) is 1.33. The summed E-state index contributed by atoms with van der Waals surface area (Å²) < 4.78 is 5.22. The summed E-state index contributed by atoms with van der Waals surface area (Å²) in [5.41, 5.74) is 3.18. The number of H-pyrrole nitrogens is 1. The van der Waals surface area contributed by atoms with E-state index in [0.717, 1.165) is 16.7 Å². The van der Waals surface area contributed by atoms with Crippen LogP contribution in [0.25, 0.3) is 16.6 Å². The third-order valence-corrected chi connectivity index (χ3v) is 4.61. The Morgan fingerprint density at radius 3 is 2.67 bits per heavy atom. The van der Waals surface area contributed by atoms with E-state index >= 15 is 0 Å². The predicted molar refractivity (Wildman–Crippen MR) is 104 cm³/mol. The second-order valence-corrected chi connectivity index (χ2v) is 6.33. The van der Waals surface area contributed by atoms with Crippen LogP contribution in [0.5, 0.6) is 5.75 Å². The molecule has 0 aliphatic carbocycles. The quantitative estimate of drug-likeness (QED) is 0.616. The van der Waals surface area contributed by atoms with Gasteiger partial charge >= 0.3 is 0 Å². The van der Waals surface area contributed by atoms with Gasteiger partial charge in [-0.2, -0.15) is 0 Å². The highest BCUT2D eigenvalue weighted by atomic mass is 16.5. The minimum atomic E-state index is -0.0163. The molecular formula is C20H18N4O3. The maximum absolute atomic E-state index is 11.4. The number of Topliss-reactive ketones (excluding diaryl/α,β-unsaturated/α-hetero) is 1. The summed E-state index contributed by atoms with van der Waals surface area (Å²) in [6.07, 6.45) is 0. The van der Waals surface area contributed by atoms with Gasteiger partial charge in [0.2, 0.25) is 0 Å². The highest BCUT2D eigenvalue weighted by molar-refractivity contribution is 6.30. The molecule has 0 spiro atoms. The average Bonchev–Trinajstić information content (AvgIpc) is 3.20. The van der Waals surface area contributed by atoms with Gasteiger partial charge in [0.05, 0.1) is 30.3 Å². The maximum Gasteiger partial charge on any atom is 0.159 e. The van der Waals surface area contributed by atoms with E-state index in [1.807, 2.05) is 18.2 Å². The number of methoxy groups -OCH3 is 1. The number of nitrogens with one attached hydrogen (secondary N) is 2. The molecule has 0 unspecified atom stereocenters. The first-order valence-electron chi connectivity index (χ1n) is 8.41. The van der Waals surface area contributed by atoms with Crippen LogP contribution in [0.4, 0.5) is 5.69 Å². The predicted octanol–water partition coefficient (Wildman–Crippen LogP) is 3.54. The molecule has 3 aromatic rings. The van der Waals surface area contributed by atoms with Crippen LogP contribution < -0.4 is 9.64 Å². The molecule has 136 valence electrons. The Kier molecular flexibility index (Phi) is 3.92. The van der Waals surface area contributed by atoms with E-state index in [0.29, 0.717) is 22.7 Å². The number of aromatic amines is 1. The number of hydrogen-bond acceptors (Lipinski definition) is 5. The maximum atomic E-state index is 11.4. The van der Waals surface area contributed by atoms with Gasteiger partial charge in [-0.3, -0.25) is 10.2 Å². The zero-order chi connectivity index (χ0) is 19.1. The second-order valence-electron chi connectivity index (χ2n) is 6.33. The van der Waals surface area contributed by atoms with Crippen molar-refractivity contribution >= 4 is 33.9 Å². The summed E-state index contributed by atoms with van der Waals surface area (Å²) >= 11 is 0. The van der Waals surface area contributed by atoms with Gasteiger partial charge in [-0.05, 0) is 43.3 Å². The fourth-order valence-corrected chi connectivity index (χ4v) is 3.16. The number of carbonyl (C=O) groups is 1. The Balaban J connectivity index is 1.67. The molecule has 0 bridgehead atoms. The van der Waals surface area contributed by atoms with E-state index in [2.05, 4.69) is 9.97 Å². The van der Waals surface area contributed by atoms with Crippen LogP contribution in [0, 0.1) is 5.41 Å². The number of fused-ring (bicyclic) bond motifs is 1. The Morgan fingerprint density at radius 2 is 2.00 bits per heavy atom. The summed E-state index contributed by atoms with van der Waals surface area (Å²) in [7, 11) is 1.59. The molecule has 1 aliphatic rings. The Morgan fingerprint density at radius 1 is 1.26 bits per heavy atom. The lowest BCUT2D eigenvalue weighted by atomic mass is 10.1. The first-order chi connectivity index (χ1) is 13.0. The SMILES string of the molecule is COc1ccc2nc(C3=C(O)CN(c4ccc(C(C)=O)cc4)C3=N)[nH]c2c1. The number of rotatable bonds is 4. The van der Waals surface area contributed by atoms with E-state index in [1.54, 1.807) is 36.3 Å². The number of aromatic nitrogens is 2. The van der Waals surface area contributed by atoms with Gasteiger partial charge in [-0.1, -0.05) is 0 Å². The molecule has 4 rings (SSSR count). The molecule has 3 N–H and O–H groups in total. The molecule has 0 amide bonds. The van der Waals surface area contributed by atoms with Crippen LogP contribution in [0.15, 0.2) is 48.2 Å². The fraction of sp³-hybridized carbons (Fsp3) is 0.150. The summed E-state index contributed by atoms with van der Waals surface area (Å²) in [5, 5.41) is 19.0. The largest absolute Gasteiger partial charge is 0.509 e. The van der Waals surface area contributed by atoms with Crippen molar-refractivity contribution in [1.82, 2.24) is 9.97 Å². The van der Waals surface area contributed by atoms with E-state index < -0.39 is 0 Å². The summed E-state index contributed by atoms with van der Waals surface area (Å²) in [4.78, 5) is 20.7. The molecule has 2 heterocycles. The van der Waals surface area contributed by atoms with Crippen molar-refractivity contribution in [3.8, 4) is 5.75 Å². The van der Waals surface area contributed by atoms with Crippen molar-refractivity contribution in [2.45, 2.75) is 6.92 Å². The standard InChI is InChI=1S/C20H18N4O3/c1-11(25)12-3-5-13(6-4-12)24-10-17(26)18(19(24)21)20-22-15-8-7-14(27-2)9-16(15)23-20/h3-9,21,26H,10H2,1-2H3,(H,22,23). The van der Waals surface area contributed by atoms with Gasteiger partial charge in [0.1, 0.15) is 23.2 Å². The first-order valence-corrected chi connectivity index (χ1v) is 8.41. The zero-order valence-electron chi connectivity index (χ0n) is 14.9. The number of ketones is 1. The topological polar surface area (TPSA) is 102 Å². The number of aliphatic hydroxyl groups excluding tert-OH is 1. The number of aliphatic hydroxyl groups is 1. The molecule has 0 radical (unpaired) electrons. The minimum absolute atomic E-state index is 0.0163. The number of imidazole rings is 1. The first kappa shape index (κ1) is 16.8. The van der Waals surface area contributed by atoms with Crippen molar-refractivity contribution in [1.29, 1.82) is 5.41 Å². The molecule has 1 aliphatic heterocycles. The summed E-state index contributed by atoms with van der Waals surface area (Å²) in [6.45, 7) is 1.68. The lowest BCUT2D eigenvalue weighted by molar-refractivity contribution is 0.101. The van der Waals surface area contributed by atoms with E-state index in [-0.39, 0.29) is 23.9 Å². The Labute approximate surface area is 155 Å². The van der Waals surface area contributed by atoms with Crippen LogP contribution in [-0.2, 0) is 0 Å². The van der Waals surface area contributed by atoms with Gasteiger partial charge in [0.15, 0.2) is 5.78 Å². The Hall–Kier alpha value is -3.61. The van der Waals surface area contributed by atoms with Crippen molar-refractivity contribution in [2.75, 3.05) is 18.6 Å². The number of amidine groups is 1. The highest BCUT2D eigenvalue weighted by Gasteiger charge is 2.31. The summed E-state index contributed by atoms with van der Waals surface area (Å²) in [6, 6.07) is 12.4. The molecule has 0 atom stereocenters. The Bertz CT molecular complexity index is 1100. The van der Waals surface area contributed by atoms with Crippen LogP contribution in [-0.4, -0.2) is 40.3 Å². The number of carbonyl (C=O) groups excluding carboxylic acids is 1.